The minimum absolute atomic E-state index is 0.0594. The van der Waals surface area contributed by atoms with Crippen LogP contribution >= 0.6 is 12.2 Å². The van der Waals surface area contributed by atoms with E-state index in [-0.39, 0.29) is 17.6 Å². The van der Waals surface area contributed by atoms with Crippen molar-refractivity contribution in [2.24, 2.45) is 12.8 Å². The molecule has 1 aromatic heterocycles. The zero-order valence-electron chi connectivity index (χ0n) is 11.6. The van der Waals surface area contributed by atoms with Gasteiger partial charge in [-0.1, -0.05) is 12.2 Å². The fourth-order valence-corrected chi connectivity index (χ4v) is 3.40. The summed E-state index contributed by atoms with van der Waals surface area (Å²) in [4.78, 5) is 4.39. The Hall–Kier alpha value is -0.990. The highest BCUT2D eigenvalue weighted by Gasteiger charge is 2.29. The molecule has 1 rings (SSSR count). The second kappa shape index (κ2) is 5.98. The van der Waals surface area contributed by atoms with Crippen molar-refractivity contribution < 1.29 is 8.42 Å². The molecule has 0 radical (unpaired) electrons. The van der Waals surface area contributed by atoms with Crippen molar-refractivity contribution in [1.29, 1.82) is 0 Å². The summed E-state index contributed by atoms with van der Waals surface area (Å²) in [6.45, 7) is 5.65. The molecule has 0 atom stereocenters. The normalized spacial score (nSPS) is 12.3. The van der Waals surface area contributed by atoms with Gasteiger partial charge in [0.15, 0.2) is 5.03 Å². The molecule has 0 amide bonds. The highest BCUT2D eigenvalue weighted by atomic mass is 32.2. The Morgan fingerprint density at radius 3 is 2.53 bits per heavy atom. The van der Waals surface area contributed by atoms with Crippen LogP contribution in [0.5, 0.6) is 0 Å². The van der Waals surface area contributed by atoms with Gasteiger partial charge in [0, 0.05) is 32.3 Å². The maximum atomic E-state index is 12.5. The van der Waals surface area contributed by atoms with Crippen molar-refractivity contribution in [3.8, 4) is 0 Å². The molecule has 0 aliphatic rings. The van der Waals surface area contributed by atoms with Crippen LogP contribution in [0.2, 0.25) is 0 Å². The number of imidazole rings is 1. The van der Waals surface area contributed by atoms with Crippen LogP contribution in [0.15, 0.2) is 11.2 Å². The molecule has 2 N–H and O–H groups in total. The standard InChI is InChI=1S/C11H20N4O2S2/c1-8(2)15(6-5-10(12)18)19(16,17)11-7-14(4)9(3)13-11/h7-8H,5-6H2,1-4H3,(H2,12,18). The Labute approximate surface area is 119 Å². The van der Waals surface area contributed by atoms with Gasteiger partial charge in [-0.3, -0.25) is 0 Å². The molecule has 19 heavy (non-hydrogen) atoms. The molecular formula is C11H20N4O2S2. The molecule has 0 saturated heterocycles. The lowest BCUT2D eigenvalue weighted by atomic mass is 10.3. The maximum absolute atomic E-state index is 12.5. The molecule has 0 spiro atoms. The van der Waals surface area contributed by atoms with Crippen LogP contribution in [0.25, 0.3) is 0 Å². The topological polar surface area (TPSA) is 81.2 Å². The largest absolute Gasteiger partial charge is 0.393 e. The Morgan fingerprint density at radius 1 is 1.58 bits per heavy atom. The van der Waals surface area contributed by atoms with Crippen molar-refractivity contribution in [2.45, 2.75) is 38.3 Å². The van der Waals surface area contributed by atoms with E-state index in [4.69, 9.17) is 18.0 Å². The number of nitrogens with two attached hydrogens (primary N) is 1. The number of thiocarbonyl (C=S) groups is 1. The molecule has 108 valence electrons. The van der Waals surface area contributed by atoms with Gasteiger partial charge in [0.25, 0.3) is 10.0 Å². The van der Waals surface area contributed by atoms with Crippen LogP contribution in [-0.2, 0) is 17.1 Å². The van der Waals surface area contributed by atoms with Crippen LogP contribution in [-0.4, -0.2) is 39.8 Å². The van der Waals surface area contributed by atoms with E-state index in [9.17, 15) is 8.42 Å². The number of rotatable bonds is 6. The maximum Gasteiger partial charge on any atom is 0.262 e. The number of aryl methyl sites for hydroxylation is 2. The smallest absolute Gasteiger partial charge is 0.262 e. The summed E-state index contributed by atoms with van der Waals surface area (Å²) in [6, 6.07) is -0.179. The second-order valence-corrected chi connectivity index (χ2v) is 7.02. The van der Waals surface area contributed by atoms with Crippen molar-refractivity contribution in [3.63, 3.8) is 0 Å². The molecule has 1 heterocycles. The van der Waals surface area contributed by atoms with Gasteiger partial charge in [0.05, 0.1) is 4.99 Å². The third kappa shape index (κ3) is 3.74. The van der Waals surface area contributed by atoms with Crippen LogP contribution in [0.1, 0.15) is 26.1 Å². The first-order chi connectivity index (χ1) is 8.66. The van der Waals surface area contributed by atoms with E-state index in [1.807, 2.05) is 13.8 Å². The van der Waals surface area contributed by atoms with Crippen LogP contribution in [0.4, 0.5) is 0 Å². The van der Waals surface area contributed by atoms with Crippen molar-refractivity contribution >= 4 is 27.2 Å². The minimum Gasteiger partial charge on any atom is -0.393 e. The summed E-state index contributed by atoms with van der Waals surface area (Å²) in [7, 11) is -1.85. The highest BCUT2D eigenvalue weighted by Crippen LogP contribution is 2.17. The summed E-state index contributed by atoms with van der Waals surface area (Å²) < 4.78 is 28.1. The van der Waals surface area contributed by atoms with Crippen molar-refractivity contribution in [2.75, 3.05) is 6.54 Å². The van der Waals surface area contributed by atoms with Gasteiger partial charge in [-0.05, 0) is 20.8 Å². The predicted molar refractivity (Wildman–Crippen MR) is 78.4 cm³/mol. The van der Waals surface area contributed by atoms with Crippen LogP contribution < -0.4 is 5.73 Å². The minimum atomic E-state index is -3.61. The molecule has 0 fully saturated rings. The molecule has 0 aliphatic carbocycles. The Balaban J connectivity index is 3.09. The van der Waals surface area contributed by atoms with Gasteiger partial charge >= 0.3 is 0 Å². The van der Waals surface area contributed by atoms with E-state index in [0.717, 1.165) is 0 Å². The fraction of sp³-hybridized carbons (Fsp3) is 0.636. The number of hydrogen-bond donors (Lipinski definition) is 1. The first-order valence-corrected chi connectivity index (χ1v) is 7.81. The zero-order chi connectivity index (χ0) is 14.8. The van der Waals surface area contributed by atoms with Crippen LogP contribution in [0.3, 0.4) is 0 Å². The van der Waals surface area contributed by atoms with E-state index in [0.29, 0.717) is 17.2 Å². The van der Waals surface area contributed by atoms with E-state index >= 15 is 0 Å². The average Bonchev–Trinajstić information content (AvgIpc) is 2.58. The Morgan fingerprint density at radius 2 is 2.16 bits per heavy atom. The SMILES string of the molecule is Cc1nc(S(=O)(=O)N(CCC(N)=S)C(C)C)cn1C. The highest BCUT2D eigenvalue weighted by molar-refractivity contribution is 7.89. The van der Waals surface area contributed by atoms with Gasteiger partial charge in [-0.15, -0.1) is 0 Å². The Bertz CT molecular complexity index is 544. The third-order valence-electron chi connectivity index (χ3n) is 2.81. The van der Waals surface area contributed by atoms with E-state index < -0.39 is 10.0 Å². The monoisotopic (exact) mass is 304 g/mol. The Kier molecular flexibility index (Phi) is 5.05. The average molecular weight is 304 g/mol. The van der Waals surface area contributed by atoms with E-state index in [2.05, 4.69) is 4.98 Å². The fourth-order valence-electron chi connectivity index (χ4n) is 1.65. The molecule has 8 heteroatoms. The molecule has 6 nitrogen and oxygen atoms in total. The van der Waals surface area contributed by atoms with E-state index in [1.54, 1.807) is 18.5 Å². The predicted octanol–water partition coefficient (Wildman–Crippen LogP) is 0.804. The number of hydrogen-bond acceptors (Lipinski definition) is 4. The van der Waals surface area contributed by atoms with E-state index in [1.165, 1.54) is 10.5 Å². The molecule has 0 bridgehead atoms. The first kappa shape index (κ1) is 16.1. The molecule has 1 aromatic rings. The van der Waals surface area contributed by atoms with Gasteiger partial charge in [-0.2, -0.15) is 4.31 Å². The number of nitrogens with zero attached hydrogens (tertiary/aromatic N) is 3. The number of sulfonamides is 1. The zero-order valence-corrected chi connectivity index (χ0v) is 13.3. The van der Waals surface area contributed by atoms with Crippen molar-refractivity contribution in [3.05, 3.63) is 12.0 Å². The summed E-state index contributed by atoms with van der Waals surface area (Å²) in [5, 5.41) is 0.0594. The van der Waals surface area contributed by atoms with Gasteiger partial charge in [0.2, 0.25) is 0 Å². The lowest BCUT2D eigenvalue weighted by Crippen LogP contribution is -2.39. The summed E-state index contributed by atoms with van der Waals surface area (Å²) in [6.07, 6.45) is 1.87. The molecule has 0 aliphatic heterocycles. The summed E-state index contributed by atoms with van der Waals surface area (Å²) in [5.41, 5.74) is 5.44. The van der Waals surface area contributed by atoms with Gasteiger partial charge < -0.3 is 10.3 Å². The lowest BCUT2D eigenvalue weighted by Gasteiger charge is -2.24. The lowest BCUT2D eigenvalue weighted by molar-refractivity contribution is 0.361. The molecule has 0 unspecified atom stereocenters. The summed E-state index contributed by atoms with van der Waals surface area (Å²) >= 11 is 4.80. The van der Waals surface area contributed by atoms with Gasteiger partial charge in [0.1, 0.15) is 5.82 Å². The van der Waals surface area contributed by atoms with Gasteiger partial charge in [-0.25, -0.2) is 13.4 Å². The molecule has 0 saturated carbocycles. The quantitative estimate of drug-likeness (QED) is 0.786. The molecular weight excluding hydrogens is 284 g/mol. The first-order valence-electron chi connectivity index (χ1n) is 5.96. The van der Waals surface area contributed by atoms with Crippen LogP contribution in [0, 0.1) is 6.92 Å². The number of aromatic nitrogens is 2. The molecule has 0 aromatic carbocycles. The second-order valence-electron chi connectivity index (χ2n) is 4.66. The van der Waals surface area contributed by atoms with Crippen molar-refractivity contribution in [1.82, 2.24) is 13.9 Å². The third-order valence-corrected chi connectivity index (χ3v) is 4.97. The summed E-state index contributed by atoms with van der Waals surface area (Å²) in [5.74, 6) is 0.650.